The molecule has 2 aliphatic heterocycles. The van der Waals surface area contributed by atoms with Crippen LogP contribution in [0.3, 0.4) is 0 Å². The van der Waals surface area contributed by atoms with E-state index in [1.807, 2.05) is 0 Å². The Bertz CT molecular complexity index is 790. The molecule has 26 heavy (non-hydrogen) atoms. The van der Waals surface area contributed by atoms with E-state index in [2.05, 4.69) is 40.5 Å². The Morgan fingerprint density at radius 1 is 1.08 bits per heavy atom. The molecule has 3 aliphatic rings. The maximum Gasteiger partial charge on any atom is 0.222 e. The first-order chi connectivity index (χ1) is 12.7. The number of piperidine rings is 1. The van der Waals surface area contributed by atoms with Gasteiger partial charge in [-0.2, -0.15) is 4.98 Å². The summed E-state index contributed by atoms with van der Waals surface area (Å²) in [6, 6.07) is 10.7. The summed E-state index contributed by atoms with van der Waals surface area (Å²) in [6.07, 6.45) is 5.90. The molecule has 1 aromatic heterocycles. The molecule has 3 N–H and O–H groups in total. The number of hydrogen-bond acceptors (Lipinski definition) is 5. The number of nitrogens with zero attached hydrogens (tertiary/aromatic N) is 3. The van der Waals surface area contributed by atoms with Crippen molar-refractivity contribution >= 4 is 11.8 Å². The molecule has 2 saturated heterocycles. The summed E-state index contributed by atoms with van der Waals surface area (Å²) in [5.41, 5.74) is 10.5. The van der Waals surface area contributed by atoms with Crippen molar-refractivity contribution in [3.63, 3.8) is 0 Å². The quantitative estimate of drug-likeness (QED) is 0.873. The largest absolute Gasteiger partial charge is 0.368 e. The first-order valence-corrected chi connectivity index (χ1v) is 9.91. The molecule has 5 heteroatoms. The van der Waals surface area contributed by atoms with E-state index in [4.69, 9.17) is 15.7 Å². The SMILES string of the molecule is Nc1nc2c(c(N3CCC4(CC3)CNC4)n1)CCCC2c1ccccc1. The van der Waals surface area contributed by atoms with Gasteiger partial charge in [-0.15, -0.1) is 0 Å². The maximum atomic E-state index is 6.16. The molecule has 1 atom stereocenters. The highest BCUT2D eigenvalue weighted by atomic mass is 15.2. The van der Waals surface area contributed by atoms with Gasteiger partial charge in [0, 0.05) is 37.7 Å². The molecule has 3 heterocycles. The summed E-state index contributed by atoms with van der Waals surface area (Å²) in [5.74, 6) is 1.87. The van der Waals surface area contributed by atoms with Crippen LogP contribution in [0, 0.1) is 5.41 Å². The highest BCUT2D eigenvalue weighted by molar-refractivity contribution is 5.55. The standard InChI is InChI=1S/C21H27N5/c22-20-24-18-16(15-5-2-1-3-6-15)7-4-8-17(18)19(25-20)26-11-9-21(10-12-26)13-23-14-21/h1-3,5-6,16,23H,4,7-14H2,(H2,22,24,25). The van der Waals surface area contributed by atoms with Gasteiger partial charge in [-0.1, -0.05) is 30.3 Å². The Morgan fingerprint density at radius 3 is 2.54 bits per heavy atom. The van der Waals surface area contributed by atoms with E-state index in [0.29, 0.717) is 17.3 Å². The zero-order valence-corrected chi connectivity index (χ0v) is 15.2. The minimum absolute atomic E-state index is 0.343. The van der Waals surface area contributed by atoms with Crippen molar-refractivity contribution in [2.45, 2.75) is 38.0 Å². The second-order valence-electron chi connectivity index (χ2n) is 8.22. The van der Waals surface area contributed by atoms with Crippen molar-refractivity contribution in [1.29, 1.82) is 0 Å². The fraction of sp³-hybridized carbons (Fsp3) is 0.524. The van der Waals surface area contributed by atoms with Gasteiger partial charge in [-0.25, -0.2) is 4.98 Å². The van der Waals surface area contributed by atoms with Crippen LogP contribution in [0.1, 0.15) is 48.4 Å². The van der Waals surface area contributed by atoms with Crippen molar-refractivity contribution in [1.82, 2.24) is 15.3 Å². The Labute approximate surface area is 155 Å². The molecule has 1 aromatic carbocycles. The maximum absolute atomic E-state index is 6.16. The lowest BCUT2D eigenvalue weighted by atomic mass is 9.73. The predicted molar refractivity (Wildman–Crippen MR) is 104 cm³/mol. The number of hydrogen-bond donors (Lipinski definition) is 2. The predicted octanol–water partition coefficient (Wildman–Crippen LogP) is 2.72. The minimum Gasteiger partial charge on any atom is -0.368 e. The summed E-state index contributed by atoms with van der Waals surface area (Å²) < 4.78 is 0. The van der Waals surface area contributed by atoms with Crippen LogP contribution < -0.4 is 16.0 Å². The lowest BCUT2D eigenvalue weighted by Crippen LogP contribution is -2.58. The summed E-state index contributed by atoms with van der Waals surface area (Å²) >= 11 is 0. The van der Waals surface area contributed by atoms with Crippen LogP contribution in [0.2, 0.25) is 0 Å². The van der Waals surface area contributed by atoms with Crippen LogP contribution in [0.15, 0.2) is 30.3 Å². The van der Waals surface area contributed by atoms with Crippen LogP contribution in [0.25, 0.3) is 0 Å². The fourth-order valence-corrected chi connectivity index (χ4v) is 4.95. The van der Waals surface area contributed by atoms with Crippen molar-refractivity contribution in [3.05, 3.63) is 47.2 Å². The average molecular weight is 349 g/mol. The zero-order valence-electron chi connectivity index (χ0n) is 15.2. The third-order valence-corrected chi connectivity index (χ3v) is 6.61. The van der Waals surface area contributed by atoms with Crippen molar-refractivity contribution < 1.29 is 0 Å². The summed E-state index contributed by atoms with van der Waals surface area (Å²) in [4.78, 5) is 11.9. The molecule has 0 saturated carbocycles. The van der Waals surface area contributed by atoms with Crippen LogP contribution >= 0.6 is 0 Å². The molecule has 0 bridgehead atoms. The van der Waals surface area contributed by atoms with Gasteiger partial charge in [0.25, 0.3) is 0 Å². The molecule has 1 spiro atoms. The number of rotatable bonds is 2. The van der Waals surface area contributed by atoms with Crippen molar-refractivity contribution in [2.24, 2.45) is 5.41 Å². The smallest absolute Gasteiger partial charge is 0.222 e. The third kappa shape index (κ3) is 2.65. The minimum atomic E-state index is 0.343. The zero-order chi connectivity index (χ0) is 17.6. The number of anilines is 2. The van der Waals surface area contributed by atoms with Gasteiger partial charge in [-0.05, 0) is 43.1 Å². The Morgan fingerprint density at radius 2 is 1.85 bits per heavy atom. The van der Waals surface area contributed by atoms with Gasteiger partial charge >= 0.3 is 0 Å². The van der Waals surface area contributed by atoms with E-state index in [1.165, 1.54) is 43.5 Å². The van der Waals surface area contributed by atoms with E-state index < -0.39 is 0 Å². The fourth-order valence-electron chi connectivity index (χ4n) is 4.95. The van der Waals surface area contributed by atoms with E-state index >= 15 is 0 Å². The molecule has 0 radical (unpaired) electrons. The first kappa shape index (κ1) is 16.1. The topological polar surface area (TPSA) is 67.1 Å². The van der Waals surface area contributed by atoms with Crippen molar-refractivity contribution in [3.8, 4) is 0 Å². The third-order valence-electron chi connectivity index (χ3n) is 6.61. The Kier molecular flexibility index (Phi) is 3.85. The molecule has 1 aliphatic carbocycles. The Balaban J connectivity index is 1.49. The highest BCUT2D eigenvalue weighted by Crippen LogP contribution is 2.41. The highest BCUT2D eigenvalue weighted by Gasteiger charge is 2.40. The van der Waals surface area contributed by atoms with Gasteiger partial charge < -0.3 is 16.0 Å². The molecule has 0 amide bonds. The molecule has 5 rings (SSSR count). The number of nitrogens with two attached hydrogens (primary N) is 1. The van der Waals surface area contributed by atoms with Gasteiger partial charge in [0.15, 0.2) is 0 Å². The summed E-state index contributed by atoms with van der Waals surface area (Å²) in [7, 11) is 0. The van der Waals surface area contributed by atoms with Crippen molar-refractivity contribution in [2.75, 3.05) is 36.8 Å². The molecule has 2 fully saturated rings. The second kappa shape index (κ2) is 6.23. The van der Waals surface area contributed by atoms with Gasteiger partial charge in [0.1, 0.15) is 5.82 Å². The number of benzene rings is 1. The molecular formula is C21H27N5. The van der Waals surface area contributed by atoms with Gasteiger partial charge in [-0.3, -0.25) is 0 Å². The van der Waals surface area contributed by atoms with E-state index in [1.54, 1.807) is 0 Å². The van der Waals surface area contributed by atoms with Gasteiger partial charge in [0.2, 0.25) is 5.95 Å². The number of fused-ring (bicyclic) bond motifs is 1. The number of aromatic nitrogens is 2. The molecule has 1 unspecified atom stereocenters. The normalized spacial score (nSPS) is 24.2. The van der Waals surface area contributed by atoms with E-state index in [-0.39, 0.29) is 0 Å². The lowest BCUT2D eigenvalue weighted by Gasteiger charge is -2.49. The second-order valence-corrected chi connectivity index (χ2v) is 8.22. The van der Waals surface area contributed by atoms with Gasteiger partial charge in [0.05, 0.1) is 5.69 Å². The lowest BCUT2D eigenvalue weighted by molar-refractivity contribution is 0.126. The summed E-state index contributed by atoms with van der Waals surface area (Å²) in [6.45, 7) is 4.53. The van der Waals surface area contributed by atoms with E-state index in [9.17, 15) is 0 Å². The molecule has 136 valence electrons. The first-order valence-electron chi connectivity index (χ1n) is 9.91. The number of nitrogen functional groups attached to an aromatic ring is 1. The molecule has 5 nitrogen and oxygen atoms in total. The number of nitrogens with one attached hydrogen (secondary N) is 1. The van der Waals surface area contributed by atoms with E-state index in [0.717, 1.165) is 37.4 Å². The van der Waals surface area contributed by atoms with Crippen LogP contribution in [-0.4, -0.2) is 36.1 Å². The Hall–Kier alpha value is -2.14. The molecule has 2 aromatic rings. The van der Waals surface area contributed by atoms with Crippen LogP contribution in [0.4, 0.5) is 11.8 Å². The van der Waals surface area contributed by atoms with Crippen LogP contribution in [0.5, 0.6) is 0 Å². The molecular weight excluding hydrogens is 322 g/mol. The monoisotopic (exact) mass is 349 g/mol. The van der Waals surface area contributed by atoms with Crippen LogP contribution in [-0.2, 0) is 6.42 Å². The average Bonchev–Trinajstić information content (AvgIpc) is 2.66. The summed E-state index contributed by atoms with van der Waals surface area (Å²) in [5, 5.41) is 3.45.